The maximum absolute atomic E-state index is 11.5. The van der Waals surface area contributed by atoms with E-state index in [1.165, 1.54) is 25.2 Å². The second kappa shape index (κ2) is 3.76. The quantitative estimate of drug-likeness (QED) is 0.760. The largest absolute Gasteiger partial charge is 0.482 e. The lowest BCUT2D eigenvalue weighted by Gasteiger charge is -2.18. The molecule has 7 heteroatoms. The van der Waals surface area contributed by atoms with Crippen molar-refractivity contribution in [2.45, 2.75) is 4.90 Å². The number of hydrogen-bond donors (Lipinski definition) is 2. The van der Waals surface area contributed by atoms with Crippen LogP contribution < -0.4 is 14.8 Å². The van der Waals surface area contributed by atoms with Crippen molar-refractivity contribution in [3.63, 3.8) is 0 Å². The van der Waals surface area contributed by atoms with E-state index in [-0.39, 0.29) is 17.4 Å². The normalized spacial score (nSPS) is 14.9. The van der Waals surface area contributed by atoms with Gasteiger partial charge in [-0.1, -0.05) is 0 Å². The Labute approximate surface area is 92.7 Å². The molecule has 0 unspecified atom stereocenters. The maximum Gasteiger partial charge on any atom is 0.262 e. The summed E-state index contributed by atoms with van der Waals surface area (Å²) in [5.41, 5.74) is 0.368. The molecule has 86 valence electrons. The van der Waals surface area contributed by atoms with Crippen molar-refractivity contribution in [3.8, 4) is 5.75 Å². The van der Waals surface area contributed by atoms with E-state index in [9.17, 15) is 13.2 Å². The summed E-state index contributed by atoms with van der Waals surface area (Å²) in [6, 6.07) is 4.29. The molecule has 0 fully saturated rings. The number of ether oxygens (including phenoxy) is 1. The van der Waals surface area contributed by atoms with Crippen molar-refractivity contribution in [2.24, 2.45) is 0 Å². The second-order valence-electron chi connectivity index (χ2n) is 3.20. The SMILES string of the molecule is CNS(=O)(=O)c1ccc2c(c1)NC(=O)CO2. The molecule has 2 N–H and O–H groups in total. The van der Waals surface area contributed by atoms with E-state index in [0.717, 1.165) is 0 Å². The predicted molar refractivity (Wildman–Crippen MR) is 56.8 cm³/mol. The van der Waals surface area contributed by atoms with Crippen molar-refractivity contribution in [1.82, 2.24) is 4.72 Å². The molecule has 6 nitrogen and oxygen atoms in total. The second-order valence-corrected chi connectivity index (χ2v) is 5.09. The predicted octanol–water partition coefficient (Wildman–Crippen LogP) is -0.0744. The van der Waals surface area contributed by atoms with Crippen molar-refractivity contribution < 1.29 is 17.9 Å². The Morgan fingerprint density at radius 1 is 1.44 bits per heavy atom. The van der Waals surface area contributed by atoms with E-state index in [4.69, 9.17) is 4.74 Å². The zero-order chi connectivity index (χ0) is 11.8. The molecule has 0 aromatic heterocycles. The number of nitrogens with one attached hydrogen (secondary N) is 2. The van der Waals surface area contributed by atoms with Gasteiger partial charge in [0.15, 0.2) is 6.61 Å². The number of hydrogen-bond acceptors (Lipinski definition) is 4. The lowest BCUT2D eigenvalue weighted by Crippen LogP contribution is -2.26. The molecule has 0 aliphatic carbocycles. The molecule has 0 radical (unpaired) electrons. The van der Waals surface area contributed by atoms with Crippen LogP contribution in [0.25, 0.3) is 0 Å². The van der Waals surface area contributed by atoms with Gasteiger partial charge in [0.2, 0.25) is 10.0 Å². The third-order valence-electron chi connectivity index (χ3n) is 2.16. The molecule has 2 rings (SSSR count). The highest BCUT2D eigenvalue weighted by Crippen LogP contribution is 2.29. The molecule has 1 aromatic carbocycles. The molecule has 1 heterocycles. The Kier molecular flexibility index (Phi) is 2.56. The van der Waals surface area contributed by atoms with E-state index >= 15 is 0 Å². The third-order valence-corrected chi connectivity index (χ3v) is 3.57. The molecule has 1 aliphatic rings. The zero-order valence-corrected chi connectivity index (χ0v) is 9.30. The van der Waals surface area contributed by atoms with E-state index < -0.39 is 10.0 Å². The summed E-state index contributed by atoms with van der Waals surface area (Å²) in [5.74, 6) is 0.168. The number of carbonyl (C=O) groups is 1. The Morgan fingerprint density at radius 2 is 2.19 bits per heavy atom. The molecule has 0 spiro atoms. The van der Waals surface area contributed by atoms with Gasteiger partial charge in [-0.05, 0) is 25.2 Å². The average Bonchev–Trinajstić information content (AvgIpc) is 2.28. The number of sulfonamides is 1. The first-order valence-electron chi connectivity index (χ1n) is 4.53. The molecule has 0 bridgehead atoms. The van der Waals surface area contributed by atoms with Gasteiger partial charge in [-0.15, -0.1) is 0 Å². The van der Waals surface area contributed by atoms with Gasteiger partial charge >= 0.3 is 0 Å². The van der Waals surface area contributed by atoms with Crippen LogP contribution in [-0.2, 0) is 14.8 Å². The Morgan fingerprint density at radius 3 is 2.88 bits per heavy atom. The number of fused-ring (bicyclic) bond motifs is 1. The van der Waals surface area contributed by atoms with Gasteiger partial charge in [-0.25, -0.2) is 13.1 Å². The van der Waals surface area contributed by atoms with Crippen LogP contribution in [-0.4, -0.2) is 28.0 Å². The van der Waals surface area contributed by atoms with Crippen LogP contribution in [0.4, 0.5) is 5.69 Å². The molecule has 0 atom stereocenters. The highest BCUT2D eigenvalue weighted by atomic mass is 32.2. The minimum Gasteiger partial charge on any atom is -0.482 e. The number of anilines is 1. The monoisotopic (exact) mass is 242 g/mol. The molecule has 0 saturated heterocycles. The van der Waals surface area contributed by atoms with Crippen LogP contribution in [0.5, 0.6) is 5.75 Å². The van der Waals surface area contributed by atoms with Crippen LogP contribution in [0.1, 0.15) is 0 Å². The summed E-state index contributed by atoms with van der Waals surface area (Å²) in [5, 5.41) is 2.54. The van der Waals surface area contributed by atoms with Crippen LogP contribution in [0.2, 0.25) is 0 Å². The summed E-state index contributed by atoms with van der Waals surface area (Å²) in [6.45, 7) is -0.0505. The van der Waals surface area contributed by atoms with E-state index in [0.29, 0.717) is 11.4 Å². The molecule has 16 heavy (non-hydrogen) atoms. The van der Waals surface area contributed by atoms with Crippen molar-refractivity contribution in [1.29, 1.82) is 0 Å². The third kappa shape index (κ3) is 1.86. The van der Waals surface area contributed by atoms with E-state index in [1.807, 2.05) is 0 Å². The molecule has 0 saturated carbocycles. The summed E-state index contributed by atoms with van der Waals surface area (Å²) < 4.78 is 30.3. The van der Waals surface area contributed by atoms with Crippen LogP contribution in [0.15, 0.2) is 23.1 Å². The fourth-order valence-electron chi connectivity index (χ4n) is 1.35. The first-order valence-corrected chi connectivity index (χ1v) is 6.01. The topological polar surface area (TPSA) is 84.5 Å². The molecule has 1 aromatic rings. The average molecular weight is 242 g/mol. The van der Waals surface area contributed by atoms with E-state index in [1.54, 1.807) is 0 Å². The van der Waals surface area contributed by atoms with Crippen molar-refractivity contribution in [2.75, 3.05) is 19.0 Å². The first kappa shape index (κ1) is 10.9. The van der Waals surface area contributed by atoms with Gasteiger partial charge in [0, 0.05) is 0 Å². The van der Waals surface area contributed by atoms with Gasteiger partial charge in [-0.2, -0.15) is 0 Å². The van der Waals surface area contributed by atoms with Crippen molar-refractivity contribution in [3.05, 3.63) is 18.2 Å². The van der Waals surface area contributed by atoms with Crippen LogP contribution >= 0.6 is 0 Å². The van der Waals surface area contributed by atoms with Gasteiger partial charge in [0.1, 0.15) is 5.75 Å². The Hall–Kier alpha value is -1.60. The molecule has 1 aliphatic heterocycles. The smallest absolute Gasteiger partial charge is 0.262 e. The van der Waals surface area contributed by atoms with Crippen LogP contribution in [0.3, 0.4) is 0 Å². The van der Waals surface area contributed by atoms with E-state index in [2.05, 4.69) is 10.0 Å². The number of carbonyl (C=O) groups excluding carboxylic acids is 1. The van der Waals surface area contributed by atoms with Gasteiger partial charge in [0.25, 0.3) is 5.91 Å². The molecular weight excluding hydrogens is 232 g/mol. The molecular formula is C9H10N2O4S. The Bertz CT molecular complexity index is 538. The maximum atomic E-state index is 11.5. The summed E-state index contributed by atoms with van der Waals surface area (Å²) in [4.78, 5) is 11.1. The lowest BCUT2D eigenvalue weighted by atomic mass is 10.2. The van der Waals surface area contributed by atoms with Crippen LogP contribution in [0, 0.1) is 0 Å². The molecule has 1 amide bonds. The summed E-state index contributed by atoms with van der Waals surface area (Å²) in [6.07, 6.45) is 0. The summed E-state index contributed by atoms with van der Waals surface area (Å²) >= 11 is 0. The first-order chi connectivity index (χ1) is 7.53. The fourth-order valence-corrected chi connectivity index (χ4v) is 2.10. The fraction of sp³-hybridized carbons (Fsp3) is 0.222. The zero-order valence-electron chi connectivity index (χ0n) is 8.48. The minimum atomic E-state index is -3.51. The highest BCUT2D eigenvalue weighted by Gasteiger charge is 2.19. The number of amides is 1. The van der Waals surface area contributed by atoms with Gasteiger partial charge in [-0.3, -0.25) is 4.79 Å². The number of rotatable bonds is 2. The highest BCUT2D eigenvalue weighted by molar-refractivity contribution is 7.89. The Balaban J connectivity index is 2.47. The standard InChI is InChI=1S/C9H10N2O4S/c1-10-16(13,14)6-2-3-8-7(4-6)11-9(12)5-15-8/h2-4,10H,5H2,1H3,(H,11,12). The summed E-state index contributed by atoms with van der Waals surface area (Å²) in [7, 11) is -2.18. The van der Waals surface area contributed by atoms with Gasteiger partial charge < -0.3 is 10.1 Å². The van der Waals surface area contributed by atoms with Gasteiger partial charge in [0.05, 0.1) is 10.6 Å². The lowest BCUT2D eigenvalue weighted by molar-refractivity contribution is -0.118. The minimum absolute atomic E-state index is 0.0505. The number of benzene rings is 1. The van der Waals surface area contributed by atoms with Crippen molar-refractivity contribution >= 4 is 21.6 Å².